The second-order valence-electron chi connectivity index (χ2n) is 3.99. The summed E-state index contributed by atoms with van der Waals surface area (Å²) in [6.45, 7) is 0. The molecule has 0 saturated carbocycles. The van der Waals surface area contributed by atoms with Crippen molar-refractivity contribution in [3.8, 4) is 0 Å². The Morgan fingerprint density at radius 1 is 1.05 bits per heavy atom. The van der Waals surface area contributed by atoms with Crippen LogP contribution < -0.4 is 5.23 Å². The van der Waals surface area contributed by atoms with Crippen LogP contribution >= 0.6 is 0 Å². The van der Waals surface area contributed by atoms with Crippen LogP contribution in [-0.2, 0) is 0 Å². The monoisotopic (exact) mass is 255 g/mol. The molecule has 0 heterocycles. The number of carbonyl (C=O) groups is 1. The number of nitrogens with one attached hydrogen (secondary N) is 1. The maximum absolute atomic E-state index is 11.9. The van der Waals surface area contributed by atoms with E-state index < -0.39 is 5.23 Å². The third kappa shape index (κ3) is 3.59. The van der Waals surface area contributed by atoms with Gasteiger partial charge in [0.25, 0.3) is 0 Å². The Morgan fingerprint density at radius 3 is 2.26 bits per heavy atom. The molecular weight excluding hydrogens is 242 g/mol. The SMILES string of the molecule is O=C(C=Cc1ccccc1)c1ccc([NH+]([O-])O)cc1. The predicted molar refractivity (Wildman–Crippen MR) is 72.0 cm³/mol. The Hall–Kier alpha value is -2.27. The van der Waals surface area contributed by atoms with Crippen molar-refractivity contribution >= 4 is 17.5 Å². The fraction of sp³-hybridized carbons (Fsp3) is 0. The van der Waals surface area contributed by atoms with Crippen LogP contribution in [0.25, 0.3) is 6.08 Å². The smallest absolute Gasteiger partial charge is 0.185 e. The second-order valence-corrected chi connectivity index (χ2v) is 3.99. The van der Waals surface area contributed by atoms with E-state index in [2.05, 4.69) is 0 Å². The molecule has 0 aliphatic carbocycles. The van der Waals surface area contributed by atoms with E-state index in [1.54, 1.807) is 6.08 Å². The van der Waals surface area contributed by atoms with Gasteiger partial charge in [-0.15, -0.1) is 0 Å². The highest BCUT2D eigenvalue weighted by Crippen LogP contribution is 2.08. The normalized spacial score (nSPS) is 12.5. The molecule has 0 saturated heterocycles. The minimum atomic E-state index is -1.00. The number of ketones is 1. The number of carbonyl (C=O) groups excluding carboxylic acids is 1. The van der Waals surface area contributed by atoms with E-state index >= 15 is 0 Å². The average molecular weight is 255 g/mol. The Morgan fingerprint density at radius 2 is 1.68 bits per heavy atom. The molecule has 0 aromatic heterocycles. The van der Waals surface area contributed by atoms with Gasteiger partial charge in [-0.25, -0.2) is 5.21 Å². The van der Waals surface area contributed by atoms with Gasteiger partial charge < -0.3 is 5.21 Å². The van der Waals surface area contributed by atoms with Gasteiger partial charge in [-0.05, 0) is 23.8 Å². The quantitative estimate of drug-likeness (QED) is 0.499. The number of hydrogen-bond acceptors (Lipinski definition) is 3. The van der Waals surface area contributed by atoms with Crippen LogP contribution in [0.3, 0.4) is 0 Å². The minimum Gasteiger partial charge on any atom is -0.595 e. The van der Waals surface area contributed by atoms with Crippen molar-refractivity contribution in [2.75, 3.05) is 0 Å². The minimum absolute atomic E-state index is 0.152. The van der Waals surface area contributed by atoms with E-state index in [9.17, 15) is 10.0 Å². The summed E-state index contributed by atoms with van der Waals surface area (Å²) in [6, 6.07) is 15.4. The molecule has 2 aromatic carbocycles. The summed E-state index contributed by atoms with van der Waals surface area (Å²) in [7, 11) is 0. The van der Waals surface area contributed by atoms with Crippen molar-refractivity contribution in [3.05, 3.63) is 77.0 Å². The summed E-state index contributed by atoms with van der Waals surface area (Å²) in [5.41, 5.74) is 1.58. The molecule has 1 atom stereocenters. The number of allylic oxidation sites excluding steroid dienone is 1. The molecule has 2 rings (SSSR count). The zero-order chi connectivity index (χ0) is 13.7. The van der Waals surface area contributed by atoms with Crippen molar-refractivity contribution in [1.82, 2.24) is 0 Å². The van der Waals surface area contributed by atoms with Crippen LogP contribution in [0.15, 0.2) is 60.7 Å². The molecule has 96 valence electrons. The van der Waals surface area contributed by atoms with Crippen molar-refractivity contribution in [2.45, 2.75) is 0 Å². The summed E-state index contributed by atoms with van der Waals surface area (Å²) >= 11 is 0. The van der Waals surface area contributed by atoms with Crippen LogP contribution in [0.1, 0.15) is 15.9 Å². The van der Waals surface area contributed by atoms with Crippen LogP contribution in [-0.4, -0.2) is 11.0 Å². The lowest BCUT2D eigenvalue weighted by molar-refractivity contribution is -0.991. The van der Waals surface area contributed by atoms with Crippen LogP contribution in [0, 0.1) is 5.21 Å². The first-order chi connectivity index (χ1) is 9.16. The molecule has 2 aromatic rings. The molecule has 0 amide bonds. The summed E-state index contributed by atoms with van der Waals surface area (Å²) in [5, 5.41) is 18.5. The summed E-state index contributed by atoms with van der Waals surface area (Å²) < 4.78 is 0. The molecule has 2 N–H and O–H groups in total. The van der Waals surface area contributed by atoms with E-state index in [4.69, 9.17) is 5.21 Å². The molecule has 0 aliphatic rings. The van der Waals surface area contributed by atoms with Crippen molar-refractivity contribution < 1.29 is 15.2 Å². The van der Waals surface area contributed by atoms with Gasteiger partial charge in [0.1, 0.15) is 0 Å². The Labute approximate surface area is 110 Å². The highest BCUT2D eigenvalue weighted by molar-refractivity contribution is 6.06. The Kier molecular flexibility index (Phi) is 4.20. The van der Waals surface area contributed by atoms with Crippen LogP contribution in [0.5, 0.6) is 0 Å². The van der Waals surface area contributed by atoms with Gasteiger partial charge in [-0.1, -0.05) is 36.4 Å². The van der Waals surface area contributed by atoms with Gasteiger partial charge in [-0.3, -0.25) is 4.79 Å². The van der Waals surface area contributed by atoms with Crippen molar-refractivity contribution in [3.63, 3.8) is 0 Å². The Balaban J connectivity index is 2.10. The second kappa shape index (κ2) is 6.06. The molecule has 0 fully saturated rings. The summed E-state index contributed by atoms with van der Waals surface area (Å²) in [4.78, 5) is 11.9. The van der Waals surface area contributed by atoms with Gasteiger partial charge >= 0.3 is 0 Å². The van der Waals surface area contributed by atoms with E-state index in [-0.39, 0.29) is 11.5 Å². The molecule has 0 aliphatic heterocycles. The van der Waals surface area contributed by atoms with Crippen molar-refractivity contribution in [2.24, 2.45) is 0 Å². The standard InChI is InChI=1S/C15H13NO3/c17-15(11-6-12-4-2-1-3-5-12)13-7-9-14(10-8-13)16(18)19/h1-11,16,18H. The lowest BCUT2D eigenvalue weighted by Crippen LogP contribution is -2.99. The van der Waals surface area contributed by atoms with Crippen molar-refractivity contribution in [1.29, 1.82) is 0 Å². The first kappa shape index (κ1) is 13.2. The number of quaternary nitrogens is 1. The first-order valence-corrected chi connectivity index (χ1v) is 5.77. The van der Waals surface area contributed by atoms with Gasteiger partial charge in [0, 0.05) is 17.7 Å². The lowest BCUT2D eigenvalue weighted by Gasteiger charge is -2.10. The molecule has 1 unspecified atom stereocenters. The fourth-order valence-electron chi connectivity index (χ4n) is 1.61. The maximum atomic E-state index is 11.9. The number of hydrogen-bond donors (Lipinski definition) is 2. The molecule has 4 heteroatoms. The number of rotatable bonds is 4. The molecule has 0 radical (unpaired) electrons. The van der Waals surface area contributed by atoms with E-state index in [0.29, 0.717) is 5.56 Å². The third-order valence-corrected chi connectivity index (χ3v) is 2.64. The topological polar surface area (TPSA) is 64.8 Å². The zero-order valence-electron chi connectivity index (χ0n) is 10.1. The zero-order valence-corrected chi connectivity index (χ0v) is 10.1. The Bertz CT molecular complexity index is 574. The highest BCUT2D eigenvalue weighted by atomic mass is 16.8. The maximum Gasteiger partial charge on any atom is 0.185 e. The number of benzene rings is 2. The van der Waals surface area contributed by atoms with Crippen LogP contribution in [0.4, 0.5) is 5.69 Å². The van der Waals surface area contributed by atoms with E-state index in [0.717, 1.165) is 5.56 Å². The fourth-order valence-corrected chi connectivity index (χ4v) is 1.61. The van der Waals surface area contributed by atoms with Crippen LogP contribution in [0.2, 0.25) is 0 Å². The van der Waals surface area contributed by atoms with E-state index in [1.807, 2.05) is 30.3 Å². The molecule has 0 spiro atoms. The van der Waals surface area contributed by atoms with Gasteiger partial charge in [0.05, 0.1) is 0 Å². The molecule has 19 heavy (non-hydrogen) atoms. The molecule has 0 bridgehead atoms. The third-order valence-electron chi connectivity index (χ3n) is 2.64. The van der Waals surface area contributed by atoms with Gasteiger partial charge in [0.15, 0.2) is 11.5 Å². The average Bonchev–Trinajstić information content (AvgIpc) is 2.46. The molecular formula is C15H13NO3. The van der Waals surface area contributed by atoms with Gasteiger partial charge in [0.2, 0.25) is 0 Å². The summed E-state index contributed by atoms with van der Waals surface area (Å²) in [5.74, 6) is -0.152. The lowest BCUT2D eigenvalue weighted by atomic mass is 10.1. The van der Waals surface area contributed by atoms with Gasteiger partial charge in [-0.2, -0.15) is 5.23 Å². The predicted octanol–water partition coefficient (Wildman–Crippen LogP) is 1.99. The largest absolute Gasteiger partial charge is 0.595 e. The highest BCUT2D eigenvalue weighted by Gasteiger charge is 2.04. The van der Waals surface area contributed by atoms with E-state index in [1.165, 1.54) is 30.3 Å². The summed E-state index contributed by atoms with van der Waals surface area (Å²) in [6.07, 6.45) is 3.21. The molecule has 4 nitrogen and oxygen atoms in total. The first-order valence-electron chi connectivity index (χ1n) is 5.77.